The van der Waals surface area contributed by atoms with E-state index in [0.717, 1.165) is 11.3 Å². The molecule has 0 aromatic heterocycles. The smallest absolute Gasteiger partial charge is 0.159 e. The third-order valence-electron chi connectivity index (χ3n) is 2.59. The molecule has 0 saturated carbocycles. The van der Waals surface area contributed by atoms with Gasteiger partial charge in [0.15, 0.2) is 5.78 Å². The fourth-order valence-corrected chi connectivity index (χ4v) is 1.99. The van der Waals surface area contributed by atoms with Crippen LogP contribution < -0.4 is 0 Å². The zero-order valence-corrected chi connectivity index (χ0v) is 11.7. The number of carbonyl (C=O) groups is 1. The van der Waals surface area contributed by atoms with E-state index in [-0.39, 0.29) is 5.78 Å². The molecule has 0 aliphatic heterocycles. The molecule has 2 aromatic carbocycles. The normalized spacial score (nSPS) is 10.9. The molecule has 0 heterocycles. The first kappa shape index (κ1) is 13.8. The first-order chi connectivity index (χ1) is 9.06. The van der Waals surface area contributed by atoms with Crippen LogP contribution in [0.2, 0.25) is 10.0 Å². The van der Waals surface area contributed by atoms with E-state index in [9.17, 15) is 4.79 Å². The molecular formula is C15H11Cl2NO. The molecule has 2 aromatic rings. The number of rotatable bonds is 3. The van der Waals surface area contributed by atoms with Crippen LogP contribution in [0.15, 0.2) is 47.5 Å². The Labute approximate surface area is 121 Å². The summed E-state index contributed by atoms with van der Waals surface area (Å²) in [5, 5.41) is 1.14. The predicted molar refractivity (Wildman–Crippen MR) is 80.2 cm³/mol. The van der Waals surface area contributed by atoms with Crippen molar-refractivity contribution < 1.29 is 4.79 Å². The van der Waals surface area contributed by atoms with Crippen molar-refractivity contribution >= 4 is 40.9 Å². The molecule has 2 nitrogen and oxygen atoms in total. The summed E-state index contributed by atoms with van der Waals surface area (Å²) < 4.78 is 0. The monoisotopic (exact) mass is 291 g/mol. The first-order valence-corrected chi connectivity index (χ1v) is 6.42. The average molecular weight is 292 g/mol. The van der Waals surface area contributed by atoms with Crippen LogP contribution in [0.3, 0.4) is 0 Å². The molecule has 96 valence electrons. The number of nitrogens with zero attached hydrogens (tertiary/aromatic N) is 1. The number of benzene rings is 2. The van der Waals surface area contributed by atoms with Gasteiger partial charge in [-0.1, -0.05) is 29.3 Å². The lowest BCUT2D eigenvalue weighted by molar-refractivity contribution is 0.101. The lowest BCUT2D eigenvalue weighted by Crippen LogP contribution is -1.89. The van der Waals surface area contributed by atoms with E-state index < -0.39 is 0 Å². The number of carbonyl (C=O) groups excluding carboxylic acids is 1. The number of hydrogen-bond acceptors (Lipinski definition) is 2. The van der Waals surface area contributed by atoms with Crippen LogP contribution in [0, 0.1) is 0 Å². The standard InChI is InChI=1S/C15H11Cl2NO/c1-10(19)11-3-6-14(7-4-11)18-9-12-2-5-13(16)8-15(12)17/h2-9H,1H3. The van der Waals surface area contributed by atoms with Crippen molar-refractivity contribution in [2.24, 2.45) is 4.99 Å². The van der Waals surface area contributed by atoms with Crippen molar-refractivity contribution in [2.45, 2.75) is 6.92 Å². The lowest BCUT2D eigenvalue weighted by atomic mass is 10.1. The first-order valence-electron chi connectivity index (χ1n) is 5.66. The van der Waals surface area contributed by atoms with E-state index in [1.807, 2.05) is 0 Å². The Bertz CT molecular complexity index is 633. The van der Waals surface area contributed by atoms with Gasteiger partial charge in [-0.2, -0.15) is 0 Å². The molecule has 0 unspecified atom stereocenters. The zero-order valence-electron chi connectivity index (χ0n) is 10.2. The molecule has 0 amide bonds. The summed E-state index contributed by atoms with van der Waals surface area (Å²) in [5.41, 5.74) is 2.22. The Morgan fingerprint density at radius 3 is 2.37 bits per heavy atom. The van der Waals surface area contributed by atoms with E-state index in [1.54, 1.807) is 48.7 Å². The molecule has 0 aliphatic rings. The Morgan fingerprint density at radius 2 is 1.79 bits per heavy atom. The van der Waals surface area contributed by atoms with Gasteiger partial charge in [0.1, 0.15) is 0 Å². The van der Waals surface area contributed by atoms with Gasteiger partial charge in [0.05, 0.1) is 10.7 Å². The topological polar surface area (TPSA) is 29.4 Å². The fourth-order valence-electron chi connectivity index (χ4n) is 1.53. The summed E-state index contributed by atoms with van der Waals surface area (Å²) in [6, 6.07) is 12.3. The summed E-state index contributed by atoms with van der Waals surface area (Å²) in [6.07, 6.45) is 1.67. The maximum Gasteiger partial charge on any atom is 0.159 e. The third-order valence-corrected chi connectivity index (χ3v) is 3.15. The second-order valence-corrected chi connectivity index (χ2v) is 4.87. The van der Waals surface area contributed by atoms with Gasteiger partial charge in [-0.25, -0.2) is 0 Å². The van der Waals surface area contributed by atoms with E-state index >= 15 is 0 Å². The van der Waals surface area contributed by atoms with Gasteiger partial charge in [-0.05, 0) is 43.3 Å². The Morgan fingerprint density at radius 1 is 1.11 bits per heavy atom. The number of halogens is 2. The van der Waals surface area contributed by atoms with Crippen LogP contribution >= 0.6 is 23.2 Å². The molecule has 0 saturated heterocycles. The van der Waals surface area contributed by atoms with Gasteiger partial charge in [0.2, 0.25) is 0 Å². The highest BCUT2D eigenvalue weighted by atomic mass is 35.5. The van der Waals surface area contributed by atoms with Crippen LogP contribution in [-0.2, 0) is 0 Å². The van der Waals surface area contributed by atoms with E-state index in [2.05, 4.69) is 4.99 Å². The van der Waals surface area contributed by atoms with Crippen LogP contribution in [0.25, 0.3) is 0 Å². The van der Waals surface area contributed by atoms with Crippen LogP contribution in [-0.4, -0.2) is 12.0 Å². The van der Waals surface area contributed by atoms with Gasteiger partial charge in [0, 0.05) is 22.4 Å². The zero-order chi connectivity index (χ0) is 13.8. The predicted octanol–water partition coefficient (Wildman–Crippen LogP) is 4.95. The highest BCUT2D eigenvalue weighted by molar-refractivity contribution is 6.36. The highest BCUT2D eigenvalue weighted by Gasteiger charge is 1.99. The van der Waals surface area contributed by atoms with E-state index in [0.29, 0.717) is 15.6 Å². The number of Topliss-reactive ketones (excluding diaryl/α,β-unsaturated/α-hetero) is 1. The number of ketones is 1. The highest BCUT2D eigenvalue weighted by Crippen LogP contribution is 2.20. The number of hydrogen-bond donors (Lipinski definition) is 0. The Kier molecular flexibility index (Phi) is 4.35. The van der Waals surface area contributed by atoms with E-state index in [1.165, 1.54) is 6.92 Å². The van der Waals surface area contributed by atoms with Crippen LogP contribution in [0.1, 0.15) is 22.8 Å². The van der Waals surface area contributed by atoms with Crippen molar-refractivity contribution in [1.29, 1.82) is 0 Å². The average Bonchev–Trinajstić information content (AvgIpc) is 2.38. The maximum atomic E-state index is 11.1. The van der Waals surface area contributed by atoms with Crippen molar-refractivity contribution in [3.05, 3.63) is 63.6 Å². The van der Waals surface area contributed by atoms with Crippen molar-refractivity contribution in [1.82, 2.24) is 0 Å². The minimum absolute atomic E-state index is 0.0382. The molecule has 0 fully saturated rings. The van der Waals surface area contributed by atoms with E-state index in [4.69, 9.17) is 23.2 Å². The lowest BCUT2D eigenvalue weighted by Gasteiger charge is -1.99. The minimum Gasteiger partial charge on any atom is -0.295 e. The van der Waals surface area contributed by atoms with Crippen LogP contribution in [0.5, 0.6) is 0 Å². The second-order valence-electron chi connectivity index (χ2n) is 4.03. The summed E-state index contributed by atoms with van der Waals surface area (Å²) in [6.45, 7) is 1.53. The molecule has 0 radical (unpaired) electrons. The van der Waals surface area contributed by atoms with Crippen molar-refractivity contribution in [2.75, 3.05) is 0 Å². The summed E-state index contributed by atoms with van der Waals surface area (Å²) in [7, 11) is 0. The minimum atomic E-state index is 0.0382. The summed E-state index contributed by atoms with van der Waals surface area (Å²) in [5.74, 6) is 0.0382. The molecule has 0 bridgehead atoms. The SMILES string of the molecule is CC(=O)c1ccc(N=Cc2ccc(Cl)cc2Cl)cc1. The van der Waals surface area contributed by atoms with Crippen molar-refractivity contribution in [3.63, 3.8) is 0 Å². The molecule has 0 aliphatic carbocycles. The molecule has 2 rings (SSSR count). The van der Waals surface area contributed by atoms with Gasteiger partial charge in [-0.15, -0.1) is 0 Å². The molecule has 0 N–H and O–H groups in total. The third kappa shape index (κ3) is 3.66. The summed E-state index contributed by atoms with van der Waals surface area (Å²) >= 11 is 11.9. The molecule has 0 spiro atoms. The molecule has 4 heteroatoms. The molecule has 0 atom stereocenters. The van der Waals surface area contributed by atoms with Crippen LogP contribution in [0.4, 0.5) is 5.69 Å². The van der Waals surface area contributed by atoms with Crippen molar-refractivity contribution in [3.8, 4) is 0 Å². The van der Waals surface area contributed by atoms with Gasteiger partial charge >= 0.3 is 0 Å². The summed E-state index contributed by atoms with van der Waals surface area (Å²) in [4.78, 5) is 15.4. The Balaban J connectivity index is 2.20. The largest absolute Gasteiger partial charge is 0.295 e. The Hall–Kier alpha value is -1.64. The molecular weight excluding hydrogens is 281 g/mol. The number of aliphatic imine (C=N–C) groups is 1. The second kappa shape index (κ2) is 6.00. The van der Waals surface area contributed by atoms with Gasteiger partial charge in [-0.3, -0.25) is 9.79 Å². The molecule has 19 heavy (non-hydrogen) atoms. The fraction of sp³-hybridized carbons (Fsp3) is 0.0667. The van der Waals surface area contributed by atoms with Gasteiger partial charge in [0.25, 0.3) is 0 Å². The maximum absolute atomic E-state index is 11.1. The quantitative estimate of drug-likeness (QED) is 0.581. The van der Waals surface area contributed by atoms with Gasteiger partial charge < -0.3 is 0 Å².